The van der Waals surface area contributed by atoms with E-state index in [0.717, 1.165) is 5.56 Å². The van der Waals surface area contributed by atoms with Gasteiger partial charge < -0.3 is 64.2 Å². The minimum atomic E-state index is -1.82. The fourth-order valence-corrected chi connectivity index (χ4v) is 4.72. The zero-order valence-electron chi connectivity index (χ0n) is 21.7. The van der Waals surface area contributed by atoms with Gasteiger partial charge in [0, 0.05) is 6.07 Å². The molecule has 4 rings (SSSR count). The Morgan fingerprint density at radius 2 is 1.54 bits per heavy atom. The molecule has 3 aliphatic heterocycles. The number of aliphatic hydroxyl groups is 7. The number of ether oxygens (including phenoxy) is 6. The molecule has 14 heteroatoms. The molecule has 10 unspecified atom stereocenters. The maximum atomic E-state index is 13.1. The lowest BCUT2D eigenvalue weighted by Crippen LogP contribution is -2.61. The van der Waals surface area contributed by atoms with Gasteiger partial charge in [0.2, 0.25) is 6.29 Å². The van der Waals surface area contributed by atoms with Crippen molar-refractivity contribution in [3.8, 4) is 11.5 Å². The monoisotopic (exact) mass is 560 g/mol. The average molecular weight is 561 g/mol. The third kappa shape index (κ3) is 6.15. The van der Waals surface area contributed by atoms with Crippen LogP contribution in [0.15, 0.2) is 12.1 Å². The summed E-state index contributed by atoms with van der Waals surface area (Å²) in [6.45, 7) is 2.66. The van der Waals surface area contributed by atoms with Gasteiger partial charge in [-0.1, -0.05) is 0 Å². The minimum absolute atomic E-state index is 0.0325. The zero-order chi connectivity index (χ0) is 28.6. The number of aryl methyl sites for hydroxylation is 1. The van der Waals surface area contributed by atoms with Gasteiger partial charge in [-0.05, 0) is 38.3 Å². The third-order valence-corrected chi connectivity index (χ3v) is 7.15. The molecule has 3 heterocycles. The van der Waals surface area contributed by atoms with Crippen molar-refractivity contribution in [3.63, 3.8) is 0 Å². The van der Waals surface area contributed by atoms with Crippen molar-refractivity contribution in [2.45, 2.75) is 93.7 Å². The van der Waals surface area contributed by atoms with E-state index in [2.05, 4.69) is 0 Å². The summed E-state index contributed by atoms with van der Waals surface area (Å²) >= 11 is 0. The Morgan fingerprint density at radius 3 is 2.18 bits per heavy atom. The normalized spacial score (nSPS) is 37.9. The molecule has 0 spiro atoms. The molecule has 0 radical (unpaired) electrons. The van der Waals surface area contributed by atoms with Crippen molar-refractivity contribution in [1.29, 1.82) is 0 Å². The molecule has 0 saturated carbocycles. The molecule has 1 aromatic rings. The van der Waals surface area contributed by atoms with Crippen molar-refractivity contribution in [1.82, 2.24) is 0 Å². The maximum Gasteiger partial charge on any atom is 0.344 e. The highest BCUT2D eigenvalue weighted by Gasteiger charge is 2.48. The van der Waals surface area contributed by atoms with Gasteiger partial charge in [-0.25, -0.2) is 4.79 Å². The molecule has 39 heavy (non-hydrogen) atoms. The molecular weight excluding hydrogens is 524 g/mol. The van der Waals surface area contributed by atoms with Gasteiger partial charge in [0.15, 0.2) is 6.29 Å². The first-order valence-electron chi connectivity index (χ1n) is 12.6. The summed E-state index contributed by atoms with van der Waals surface area (Å²) in [5, 5.41) is 70.5. The summed E-state index contributed by atoms with van der Waals surface area (Å²) < 4.78 is 32.8. The van der Waals surface area contributed by atoms with Crippen LogP contribution in [0.25, 0.3) is 0 Å². The lowest BCUT2D eigenvalue weighted by molar-refractivity contribution is -0.325. The predicted octanol–water partition coefficient (Wildman–Crippen LogP) is -2.42. The van der Waals surface area contributed by atoms with Gasteiger partial charge in [0.05, 0.1) is 20.3 Å². The highest BCUT2D eigenvalue weighted by molar-refractivity contribution is 5.93. The fourth-order valence-electron chi connectivity index (χ4n) is 4.72. The Kier molecular flexibility index (Phi) is 9.02. The lowest BCUT2D eigenvalue weighted by atomic mass is 9.93. The molecule has 220 valence electrons. The molecule has 2 fully saturated rings. The average Bonchev–Trinajstić information content (AvgIpc) is 2.90. The Hall–Kier alpha value is -2.11. The van der Waals surface area contributed by atoms with Crippen molar-refractivity contribution >= 4 is 5.97 Å². The van der Waals surface area contributed by atoms with Crippen LogP contribution in [0.3, 0.4) is 0 Å². The van der Waals surface area contributed by atoms with Crippen LogP contribution in [0.1, 0.15) is 36.2 Å². The quantitative estimate of drug-likeness (QED) is 0.173. The van der Waals surface area contributed by atoms with E-state index in [1.165, 1.54) is 7.11 Å². The molecule has 0 aromatic heterocycles. The SMILES string of the molecule is COc1cc2c(cc1C(=O)OC1OC(COC3OC(CO)C(O)C(O)C3O)C(O)C(O)C1O)CCC(C)(C)O2. The molecule has 10 atom stereocenters. The summed E-state index contributed by atoms with van der Waals surface area (Å²) in [6.07, 6.45) is -14.8. The first-order chi connectivity index (χ1) is 18.4. The van der Waals surface area contributed by atoms with E-state index in [1.807, 2.05) is 13.8 Å². The molecule has 0 bridgehead atoms. The smallest absolute Gasteiger partial charge is 0.344 e. The van der Waals surface area contributed by atoms with Crippen LogP contribution < -0.4 is 9.47 Å². The number of carbonyl (C=O) groups is 1. The third-order valence-electron chi connectivity index (χ3n) is 7.15. The van der Waals surface area contributed by atoms with Gasteiger partial charge in [0.25, 0.3) is 0 Å². The summed E-state index contributed by atoms with van der Waals surface area (Å²) in [7, 11) is 1.37. The van der Waals surface area contributed by atoms with Crippen LogP contribution >= 0.6 is 0 Å². The maximum absolute atomic E-state index is 13.1. The van der Waals surface area contributed by atoms with Gasteiger partial charge in [0.1, 0.15) is 71.5 Å². The van der Waals surface area contributed by atoms with E-state index < -0.39 is 80.6 Å². The van der Waals surface area contributed by atoms with E-state index >= 15 is 0 Å². The van der Waals surface area contributed by atoms with E-state index in [0.29, 0.717) is 18.6 Å². The van der Waals surface area contributed by atoms with Crippen LogP contribution in [-0.2, 0) is 25.4 Å². The highest BCUT2D eigenvalue weighted by atomic mass is 16.7. The number of methoxy groups -OCH3 is 1. The molecule has 2 saturated heterocycles. The number of hydrogen-bond donors (Lipinski definition) is 7. The van der Waals surface area contributed by atoms with Crippen LogP contribution in [0, 0.1) is 0 Å². The molecular formula is C25H36O14. The molecule has 3 aliphatic rings. The standard InChI is InChI=1S/C25H36O14/c1-25(2)5-4-10-6-11(13(34-3)7-12(10)39-25)22(33)38-24-21(32)19(30)17(28)15(37-24)9-35-23-20(31)18(29)16(27)14(8-26)36-23/h6-7,14-21,23-24,26-32H,4-5,8-9H2,1-3H3. The topological polar surface area (TPSA) is 214 Å². The van der Waals surface area contributed by atoms with Gasteiger partial charge in [-0.15, -0.1) is 0 Å². The van der Waals surface area contributed by atoms with E-state index in [1.54, 1.807) is 12.1 Å². The number of hydrogen-bond acceptors (Lipinski definition) is 14. The minimum Gasteiger partial charge on any atom is -0.496 e. The summed E-state index contributed by atoms with van der Waals surface area (Å²) in [4.78, 5) is 13.1. The molecule has 0 aliphatic carbocycles. The van der Waals surface area contributed by atoms with Gasteiger partial charge >= 0.3 is 5.97 Å². The van der Waals surface area contributed by atoms with E-state index in [4.69, 9.17) is 28.4 Å². The number of benzene rings is 1. The summed E-state index contributed by atoms with van der Waals surface area (Å²) in [5.41, 5.74) is 0.405. The number of aliphatic hydroxyl groups excluding tert-OH is 7. The molecule has 7 N–H and O–H groups in total. The lowest BCUT2D eigenvalue weighted by Gasteiger charge is -2.42. The number of rotatable bonds is 7. The summed E-state index contributed by atoms with van der Waals surface area (Å²) in [6, 6.07) is 3.13. The number of carbonyl (C=O) groups excluding carboxylic acids is 1. The Bertz CT molecular complexity index is 1010. The first-order valence-corrected chi connectivity index (χ1v) is 12.6. The van der Waals surface area contributed by atoms with Crippen molar-refractivity contribution < 1.29 is 69.0 Å². The Balaban J connectivity index is 1.45. The first kappa shape index (κ1) is 29.9. The van der Waals surface area contributed by atoms with Crippen LogP contribution in [0.4, 0.5) is 0 Å². The van der Waals surface area contributed by atoms with Gasteiger partial charge in [-0.3, -0.25) is 0 Å². The second-order valence-electron chi connectivity index (χ2n) is 10.5. The van der Waals surface area contributed by atoms with Crippen molar-refractivity contribution in [3.05, 3.63) is 23.3 Å². The number of esters is 1. The Morgan fingerprint density at radius 1 is 0.923 bits per heavy atom. The second kappa shape index (κ2) is 11.8. The van der Waals surface area contributed by atoms with Crippen molar-refractivity contribution in [2.75, 3.05) is 20.3 Å². The second-order valence-corrected chi connectivity index (χ2v) is 10.5. The van der Waals surface area contributed by atoms with Gasteiger partial charge in [-0.2, -0.15) is 0 Å². The van der Waals surface area contributed by atoms with E-state index in [-0.39, 0.29) is 16.9 Å². The summed E-state index contributed by atoms with van der Waals surface area (Å²) in [5.74, 6) is -0.205. The largest absolute Gasteiger partial charge is 0.496 e. The van der Waals surface area contributed by atoms with E-state index in [9.17, 15) is 40.5 Å². The van der Waals surface area contributed by atoms with Crippen LogP contribution in [0.5, 0.6) is 11.5 Å². The molecule has 14 nitrogen and oxygen atoms in total. The number of fused-ring (bicyclic) bond motifs is 1. The highest BCUT2D eigenvalue weighted by Crippen LogP contribution is 2.38. The van der Waals surface area contributed by atoms with Crippen molar-refractivity contribution in [2.24, 2.45) is 0 Å². The van der Waals surface area contributed by atoms with Crippen LogP contribution in [-0.4, -0.2) is 129 Å². The molecule has 1 aromatic carbocycles. The Labute approximate surface area is 224 Å². The predicted molar refractivity (Wildman–Crippen MR) is 128 cm³/mol. The fraction of sp³-hybridized carbons (Fsp3) is 0.720. The molecule has 0 amide bonds. The zero-order valence-corrected chi connectivity index (χ0v) is 21.7. The van der Waals surface area contributed by atoms with Crippen LogP contribution in [0.2, 0.25) is 0 Å².